The second-order valence-electron chi connectivity index (χ2n) is 4.23. The number of ether oxygens (including phenoxy) is 1. The van der Waals surface area contributed by atoms with Gasteiger partial charge in [0.25, 0.3) is 0 Å². The van der Waals surface area contributed by atoms with Crippen LogP contribution in [0.4, 0.5) is 4.79 Å². The van der Waals surface area contributed by atoms with Crippen molar-refractivity contribution in [3.05, 3.63) is 10.5 Å². The van der Waals surface area contributed by atoms with E-state index in [4.69, 9.17) is 10.6 Å². The van der Waals surface area contributed by atoms with Gasteiger partial charge in [0.05, 0.1) is 7.11 Å². The second-order valence-corrected chi connectivity index (χ2v) is 4.23. The Hall–Kier alpha value is -1.99. The summed E-state index contributed by atoms with van der Waals surface area (Å²) in [4.78, 5) is 23.1. The highest BCUT2D eigenvalue weighted by Crippen LogP contribution is 2.00. The van der Waals surface area contributed by atoms with Crippen molar-refractivity contribution in [1.29, 1.82) is 0 Å². The Morgan fingerprint density at radius 1 is 1.50 bits per heavy atom. The van der Waals surface area contributed by atoms with E-state index in [2.05, 4.69) is 10.4 Å². The summed E-state index contributed by atoms with van der Waals surface area (Å²) < 4.78 is 5.98. The number of amides is 1. The highest BCUT2D eigenvalue weighted by molar-refractivity contribution is 5.76. The van der Waals surface area contributed by atoms with Gasteiger partial charge in [0.15, 0.2) is 0 Å². The van der Waals surface area contributed by atoms with Crippen LogP contribution in [0.2, 0.25) is 0 Å². The number of hydrogen-bond donors (Lipinski definition) is 2. The molecule has 0 aliphatic rings. The van der Waals surface area contributed by atoms with Gasteiger partial charge in [-0.2, -0.15) is 4.68 Å². The fraction of sp³-hybridized carbons (Fsp3) is 0.625. The van der Waals surface area contributed by atoms with E-state index < -0.39 is 17.3 Å². The quantitative estimate of drug-likeness (QED) is 0.609. The van der Waals surface area contributed by atoms with Gasteiger partial charge in [0.1, 0.15) is 0 Å². The summed E-state index contributed by atoms with van der Waals surface area (Å²) >= 11 is 0. The van der Waals surface area contributed by atoms with Gasteiger partial charge in [0.2, 0.25) is 0 Å². The highest BCUT2D eigenvalue weighted by atomic mass is 16.5. The van der Waals surface area contributed by atoms with Crippen LogP contribution in [0.1, 0.15) is 20.8 Å². The number of hydrogen-bond acceptors (Lipinski definition) is 5. The molecule has 0 bridgehead atoms. The molecule has 1 aromatic heterocycles. The van der Waals surface area contributed by atoms with Gasteiger partial charge in [-0.15, -0.1) is 9.78 Å². The predicted molar refractivity (Wildman–Crippen MR) is 56.9 cm³/mol. The fourth-order valence-corrected chi connectivity index (χ4v) is 1.01. The van der Waals surface area contributed by atoms with E-state index in [-0.39, 0.29) is 6.01 Å². The summed E-state index contributed by atoms with van der Waals surface area (Å²) in [5.74, 6) is 5.33. The van der Waals surface area contributed by atoms with Crippen LogP contribution in [0, 0.1) is 0 Å². The van der Waals surface area contributed by atoms with E-state index in [0.717, 1.165) is 0 Å². The molecule has 0 spiro atoms. The minimum absolute atomic E-state index is 0.131. The van der Waals surface area contributed by atoms with Crippen LogP contribution in [0.25, 0.3) is 0 Å². The molecule has 1 rings (SSSR count). The van der Waals surface area contributed by atoms with Crippen LogP contribution in [-0.2, 0) is 0 Å². The molecule has 1 amide bonds. The second kappa shape index (κ2) is 3.87. The van der Waals surface area contributed by atoms with Crippen LogP contribution in [0.15, 0.2) is 4.79 Å². The molecule has 1 aromatic rings. The number of carbonyl (C=O) groups excluding carboxylic acids is 1. The van der Waals surface area contributed by atoms with Crippen molar-refractivity contribution < 1.29 is 9.53 Å². The van der Waals surface area contributed by atoms with Gasteiger partial charge in [-0.25, -0.2) is 9.59 Å². The molecule has 0 fully saturated rings. The monoisotopic (exact) mass is 229 g/mol. The van der Waals surface area contributed by atoms with Gasteiger partial charge in [0, 0.05) is 5.54 Å². The van der Waals surface area contributed by atoms with E-state index in [9.17, 15) is 9.59 Å². The van der Waals surface area contributed by atoms with Crippen molar-refractivity contribution >= 4 is 6.03 Å². The third-order valence-electron chi connectivity index (χ3n) is 1.64. The number of nitrogen functional groups attached to an aromatic ring is 1. The largest absolute Gasteiger partial charge is 0.466 e. The molecule has 0 aliphatic carbocycles. The first-order valence-electron chi connectivity index (χ1n) is 4.60. The zero-order valence-electron chi connectivity index (χ0n) is 9.64. The molecule has 0 aliphatic heterocycles. The van der Waals surface area contributed by atoms with E-state index in [1.165, 1.54) is 7.11 Å². The number of aromatic nitrogens is 3. The molecule has 0 aromatic carbocycles. The molecule has 8 nitrogen and oxygen atoms in total. The van der Waals surface area contributed by atoms with Crippen molar-refractivity contribution in [3.63, 3.8) is 0 Å². The number of methoxy groups -OCH3 is 1. The van der Waals surface area contributed by atoms with E-state index >= 15 is 0 Å². The lowest BCUT2D eigenvalue weighted by Gasteiger charge is -2.19. The van der Waals surface area contributed by atoms with Gasteiger partial charge >= 0.3 is 17.7 Å². The van der Waals surface area contributed by atoms with Crippen molar-refractivity contribution in [1.82, 2.24) is 19.8 Å². The summed E-state index contributed by atoms with van der Waals surface area (Å²) in [5.41, 5.74) is -1.24. The molecule has 8 heteroatoms. The first-order valence-corrected chi connectivity index (χ1v) is 4.60. The lowest BCUT2D eigenvalue weighted by molar-refractivity contribution is 0.229. The number of rotatable bonds is 1. The summed E-state index contributed by atoms with van der Waals surface area (Å²) in [6.07, 6.45) is 0. The standard InChI is InChI=1S/C8H15N5O3/c1-8(2,3)10-5(14)13-7(15)12(9)6(11-13)16-4/h9H2,1-4H3,(H,10,14). The fourth-order valence-electron chi connectivity index (χ4n) is 1.01. The summed E-state index contributed by atoms with van der Waals surface area (Å²) in [6, 6.07) is -0.783. The van der Waals surface area contributed by atoms with Crippen LogP contribution in [0.3, 0.4) is 0 Å². The Balaban J connectivity index is 3.06. The molecule has 3 N–H and O–H groups in total. The summed E-state index contributed by atoms with van der Waals surface area (Å²) in [5, 5.41) is 6.20. The van der Waals surface area contributed by atoms with Crippen molar-refractivity contribution in [2.75, 3.05) is 13.0 Å². The molecule has 16 heavy (non-hydrogen) atoms. The van der Waals surface area contributed by atoms with Gasteiger partial charge in [-0.05, 0) is 20.8 Å². The van der Waals surface area contributed by atoms with Gasteiger partial charge in [-0.1, -0.05) is 0 Å². The van der Waals surface area contributed by atoms with Crippen LogP contribution < -0.4 is 21.6 Å². The lowest BCUT2D eigenvalue weighted by atomic mass is 10.1. The van der Waals surface area contributed by atoms with Crippen LogP contribution in [0.5, 0.6) is 6.01 Å². The third kappa shape index (κ3) is 2.33. The maximum Gasteiger partial charge on any atom is 0.376 e. The van der Waals surface area contributed by atoms with Crippen LogP contribution in [-0.4, -0.2) is 33.1 Å². The topological polar surface area (TPSA) is 104 Å². The number of nitrogens with one attached hydrogen (secondary N) is 1. The Morgan fingerprint density at radius 3 is 2.44 bits per heavy atom. The van der Waals surface area contributed by atoms with Gasteiger partial charge in [-0.3, -0.25) is 0 Å². The maximum atomic E-state index is 11.6. The minimum atomic E-state index is -0.765. The van der Waals surface area contributed by atoms with E-state index in [1.807, 2.05) is 0 Å². The average molecular weight is 229 g/mol. The third-order valence-corrected chi connectivity index (χ3v) is 1.64. The predicted octanol–water partition coefficient (Wildman–Crippen LogP) is -0.877. The molecule has 0 unspecified atom stereocenters. The molecular weight excluding hydrogens is 214 g/mol. The Labute approximate surface area is 92.0 Å². The first kappa shape index (κ1) is 12.1. The minimum Gasteiger partial charge on any atom is -0.466 e. The van der Waals surface area contributed by atoms with Crippen LogP contribution >= 0.6 is 0 Å². The molecule has 0 saturated carbocycles. The van der Waals surface area contributed by atoms with E-state index in [0.29, 0.717) is 9.36 Å². The first-order chi connectivity index (χ1) is 7.26. The summed E-state index contributed by atoms with van der Waals surface area (Å²) in [6.45, 7) is 5.35. The molecule has 0 radical (unpaired) electrons. The molecule has 1 heterocycles. The Kier molecular flexibility index (Phi) is 2.92. The van der Waals surface area contributed by atoms with E-state index in [1.54, 1.807) is 20.8 Å². The smallest absolute Gasteiger partial charge is 0.376 e. The van der Waals surface area contributed by atoms with Crippen molar-refractivity contribution in [2.45, 2.75) is 26.3 Å². The maximum absolute atomic E-state index is 11.6. The SMILES string of the molecule is COc1nn(C(=O)NC(C)(C)C)c(=O)n1N. The molecule has 0 atom stereocenters. The lowest BCUT2D eigenvalue weighted by Crippen LogP contribution is -2.47. The Bertz CT molecular complexity index is 453. The molecule has 90 valence electrons. The number of carbonyl (C=O) groups is 1. The average Bonchev–Trinajstić information content (AvgIpc) is 2.41. The van der Waals surface area contributed by atoms with Crippen molar-refractivity contribution in [2.24, 2.45) is 0 Å². The zero-order valence-corrected chi connectivity index (χ0v) is 9.64. The Morgan fingerprint density at radius 2 is 2.06 bits per heavy atom. The zero-order chi connectivity index (χ0) is 12.5. The summed E-state index contributed by atoms with van der Waals surface area (Å²) in [7, 11) is 1.30. The molecule has 0 saturated heterocycles. The molecular formula is C8H15N5O3. The normalized spacial score (nSPS) is 11.2. The highest BCUT2D eigenvalue weighted by Gasteiger charge is 2.21. The number of nitrogens with zero attached hydrogens (tertiary/aromatic N) is 3. The number of nitrogens with two attached hydrogens (primary N) is 1. The van der Waals surface area contributed by atoms with Crippen molar-refractivity contribution in [3.8, 4) is 6.01 Å². The van der Waals surface area contributed by atoms with Gasteiger partial charge < -0.3 is 15.9 Å².